The van der Waals surface area contributed by atoms with Crippen molar-refractivity contribution < 1.29 is 4.74 Å². The smallest absolute Gasteiger partial charge is 0.123 e. The van der Waals surface area contributed by atoms with Crippen LogP contribution in [0.15, 0.2) is 18.2 Å². The molecule has 2 nitrogen and oxygen atoms in total. The summed E-state index contributed by atoms with van der Waals surface area (Å²) in [6.07, 6.45) is 1.95. The highest BCUT2D eigenvalue weighted by Crippen LogP contribution is 2.36. The molecule has 82 valence electrons. The van der Waals surface area contributed by atoms with E-state index in [9.17, 15) is 0 Å². The Morgan fingerprint density at radius 1 is 1.47 bits per heavy atom. The number of ether oxygens (including phenoxy) is 1. The summed E-state index contributed by atoms with van der Waals surface area (Å²) in [5.41, 5.74) is 8.47. The predicted octanol–water partition coefficient (Wildman–Crippen LogP) is 2.81. The summed E-state index contributed by atoms with van der Waals surface area (Å²) in [5, 5.41) is 0. The zero-order chi connectivity index (χ0) is 11.1. The lowest BCUT2D eigenvalue weighted by Gasteiger charge is -2.16. The van der Waals surface area contributed by atoms with E-state index in [2.05, 4.69) is 39.0 Å². The van der Waals surface area contributed by atoms with Crippen molar-refractivity contribution >= 4 is 0 Å². The molecule has 0 saturated carbocycles. The standard InChI is InChI=1S/C13H19NO/c1-4-11(14)9-5-6-12-10(7-9)8-13(2,3)15-12/h5-7,11H,4,8,14H2,1-3H3. The van der Waals surface area contributed by atoms with Gasteiger partial charge in [-0.25, -0.2) is 0 Å². The summed E-state index contributed by atoms with van der Waals surface area (Å²) in [6.45, 7) is 6.34. The fourth-order valence-corrected chi connectivity index (χ4v) is 2.10. The molecule has 15 heavy (non-hydrogen) atoms. The molecule has 0 aliphatic carbocycles. The maximum absolute atomic E-state index is 6.02. The third-order valence-electron chi connectivity index (χ3n) is 2.95. The summed E-state index contributed by atoms with van der Waals surface area (Å²) in [6, 6.07) is 6.47. The van der Waals surface area contributed by atoms with Gasteiger partial charge in [0.15, 0.2) is 0 Å². The molecule has 0 bridgehead atoms. The first-order valence-electron chi connectivity index (χ1n) is 5.59. The first-order chi connectivity index (χ1) is 7.02. The Bertz CT molecular complexity index is 371. The highest BCUT2D eigenvalue weighted by atomic mass is 16.5. The third-order valence-corrected chi connectivity index (χ3v) is 2.95. The fourth-order valence-electron chi connectivity index (χ4n) is 2.10. The number of fused-ring (bicyclic) bond motifs is 1. The lowest BCUT2D eigenvalue weighted by Crippen LogP contribution is -2.24. The molecule has 1 aromatic carbocycles. The van der Waals surface area contributed by atoms with E-state index >= 15 is 0 Å². The molecule has 1 aromatic rings. The maximum Gasteiger partial charge on any atom is 0.123 e. The van der Waals surface area contributed by atoms with Crippen molar-refractivity contribution in [3.63, 3.8) is 0 Å². The van der Waals surface area contributed by atoms with Gasteiger partial charge in [-0.2, -0.15) is 0 Å². The second kappa shape index (κ2) is 3.53. The van der Waals surface area contributed by atoms with E-state index in [-0.39, 0.29) is 11.6 Å². The van der Waals surface area contributed by atoms with E-state index in [1.54, 1.807) is 0 Å². The van der Waals surface area contributed by atoms with Gasteiger partial charge in [0.05, 0.1) is 0 Å². The Balaban J connectivity index is 2.30. The molecule has 0 aromatic heterocycles. The number of benzene rings is 1. The minimum atomic E-state index is -0.0583. The first-order valence-corrected chi connectivity index (χ1v) is 5.59. The number of hydrogen-bond donors (Lipinski definition) is 1. The molecule has 2 heteroatoms. The molecular formula is C13H19NO. The van der Waals surface area contributed by atoms with Crippen LogP contribution in [0.5, 0.6) is 5.75 Å². The van der Waals surface area contributed by atoms with Gasteiger partial charge in [0.2, 0.25) is 0 Å². The molecule has 2 rings (SSSR count). The fraction of sp³-hybridized carbons (Fsp3) is 0.538. The largest absolute Gasteiger partial charge is 0.487 e. The highest BCUT2D eigenvalue weighted by molar-refractivity contribution is 5.42. The van der Waals surface area contributed by atoms with E-state index in [0.717, 1.165) is 18.6 Å². The van der Waals surface area contributed by atoms with E-state index < -0.39 is 0 Å². The van der Waals surface area contributed by atoms with Crippen molar-refractivity contribution in [3.05, 3.63) is 29.3 Å². The Labute approximate surface area is 91.4 Å². The molecule has 0 spiro atoms. The van der Waals surface area contributed by atoms with Crippen LogP contribution in [0.3, 0.4) is 0 Å². The summed E-state index contributed by atoms with van der Waals surface area (Å²) in [5.74, 6) is 1.02. The highest BCUT2D eigenvalue weighted by Gasteiger charge is 2.30. The van der Waals surface area contributed by atoms with E-state index in [0.29, 0.717) is 0 Å². The zero-order valence-corrected chi connectivity index (χ0v) is 9.71. The summed E-state index contributed by atoms with van der Waals surface area (Å²) in [4.78, 5) is 0. The Hall–Kier alpha value is -1.02. The van der Waals surface area contributed by atoms with Crippen molar-refractivity contribution in [1.82, 2.24) is 0 Å². The van der Waals surface area contributed by atoms with Crippen LogP contribution in [0.25, 0.3) is 0 Å². The van der Waals surface area contributed by atoms with Crippen LogP contribution in [0.4, 0.5) is 0 Å². The lowest BCUT2D eigenvalue weighted by molar-refractivity contribution is 0.138. The van der Waals surface area contributed by atoms with Gasteiger partial charge in [0.1, 0.15) is 11.4 Å². The van der Waals surface area contributed by atoms with Crippen LogP contribution in [-0.2, 0) is 6.42 Å². The van der Waals surface area contributed by atoms with Gasteiger partial charge in [-0.3, -0.25) is 0 Å². The van der Waals surface area contributed by atoms with Crippen molar-refractivity contribution in [2.75, 3.05) is 0 Å². The Kier molecular flexibility index (Phi) is 2.47. The minimum Gasteiger partial charge on any atom is -0.487 e. The van der Waals surface area contributed by atoms with Crippen LogP contribution in [0, 0.1) is 0 Å². The van der Waals surface area contributed by atoms with Crippen LogP contribution in [0.2, 0.25) is 0 Å². The number of nitrogens with two attached hydrogens (primary N) is 1. The van der Waals surface area contributed by atoms with Crippen LogP contribution in [-0.4, -0.2) is 5.60 Å². The van der Waals surface area contributed by atoms with Gasteiger partial charge in [-0.05, 0) is 37.5 Å². The number of rotatable bonds is 2. The molecule has 1 heterocycles. The Morgan fingerprint density at radius 3 is 2.87 bits per heavy atom. The van der Waals surface area contributed by atoms with Gasteiger partial charge < -0.3 is 10.5 Å². The number of hydrogen-bond acceptors (Lipinski definition) is 2. The average Bonchev–Trinajstić information content (AvgIpc) is 2.49. The SMILES string of the molecule is CCC(N)c1ccc2c(c1)CC(C)(C)O2. The lowest BCUT2D eigenvalue weighted by atomic mass is 9.97. The minimum absolute atomic E-state index is 0.0583. The molecular weight excluding hydrogens is 186 g/mol. The van der Waals surface area contributed by atoms with Gasteiger partial charge in [-0.15, -0.1) is 0 Å². The molecule has 1 aliphatic rings. The monoisotopic (exact) mass is 205 g/mol. The maximum atomic E-state index is 6.02. The second-order valence-electron chi connectivity index (χ2n) is 4.92. The topological polar surface area (TPSA) is 35.2 Å². The molecule has 1 aliphatic heterocycles. The van der Waals surface area contributed by atoms with E-state index in [4.69, 9.17) is 10.5 Å². The van der Waals surface area contributed by atoms with Crippen molar-refractivity contribution in [3.8, 4) is 5.75 Å². The zero-order valence-electron chi connectivity index (χ0n) is 9.71. The average molecular weight is 205 g/mol. The van der Waals surface area contributed by atoms with Gasteiger partial charge in [0.25, 0.3) is 0 Å². The summed E-state index contributed by atoms with van der Waals surface area (Å²) < 4.78 is 5.82. The normalized spacial score (nSPS) is 19.5. The molecule has 1 unspecified atom stereocenters. The van der Waals surface area contributed by atoms with E-state index in [1.165, 1.54) is 11.1 Å². The van der Waals surface area contributed by atoms with Crippen LogP contribution in [0.1, 0.15) is 44.4 Å². The van der Waals surface area contributed by atoms with E-state index in [1.807, 2.05) is 0 Å². The molecule has 2 N–H and O–H groups in total. The Morgan fingerprint density at radius 2 is 2.20 bits per heavy atom. The van der Waals surface area contributed by atoms with Gasteiger partial charge in [-0.1, -0.05) is 19.1 Å². The molecule has 0 fully saturated rings. The predicted molar refractivity (Wildman–Crippen MR) is 62.1 cm³/mol. The summed E-state index contributed by atoms with van der Waals surface area (Å²) >= 11 is 0. The van der Waals surface area contributed by atoms with Crippen LogP contribution >= 0.6 is 0 Å². The van der Waals surface area contributed by atoms with Crippen LogP contribution < -0.4 is 10.5 Å². The van der Waals surface area contributed by atoms with Gasteiger partial charge >= 0.3 is 0 Å². The summed E-state index contributed by atoms with van der Waals surface area (Å²) in [7, 11) is 0. The van der Waals surface area contributed by atoms with Crippen molar-refractivity contribution in [1.29, 1.82) is 0 Å². The third kappa shape index (κ3) is 2.00. The first kappa shape index (κ1) is 10.5. The quantitative estimate of drug-likeness (QED) is 0.805. The molecule has 0 saturated heterocycles. The molecule has 0 amide bonds. The van der Waals surface area contributed by atoms with Crippen molar-refractivity contribution in [2.45, 2.75) is 45.3 Å². The second-order valence-corrected chi connectivity index (χ2v) is 4.92. The molecule has 1 atom stereocenters. The van der Waals surface area contributed by atoms with Crippen molar-refractivity contribution in [2.24, 2.45) is 5.73 Å². The molecule has 0 radical (unpaired) electrons. The van der Waals surface area contributed by atoms with Gasteiger partial charge in [0, 0.05) is 12.5 Å².